The van der Waals surface area contributed by atoms with E-state index < -0.39 is 11.9 Å². The van der Waals surface area contributed by atoms with E-state index in [-0.39, 0.29) is 23.8 Å². The molecule has 2 unspecified atom stereocenters. The van der Waals surface area contributed by atoms with Gasteiger partial charge in [-0.25, -0.2) is 0 Å². The number of rotatable bonds is 5. The van der Waals surface area contributed by atoms with Crippen LogP contribution in [0.15, 0.2) is 0 Å². The van der Waals surface area contributed by atoms with Gasteiger partial charge in [-0.1, -0.05) is 27.2 Å². The molecule has 0 aliphatic heterocycles. The van der Waals surface area contributed by atoms with Crippen molar-refractivity contribution < 1.29 is 14.7 Å². The van der Waals surface area contributed by atoms with Gasteiger partial charge in [-0.15, -0.1) is 0 Å². The van der Waals surface area contributed by atoms with Gasteiger partial charge in [0, 0.05) is 12.5 Å². The van der Waals surface area contributed by atoms with Gasteiger partial charge in [0.25, 0.3) is 0 Å². The summed E-state index contributed by atoms with van der Waals surface area (Å²) in [6.45, 7) is 6.29. The van der Waals surface area contributed by atoms with Crippen molar-refractivity contribution in [3.05, 3.63) is 0 Å². The molecule has 0 aromatic rings. The van der Waals surface area contributed by atoms with Crippen LogP contribution in [-0.4, -0.2) is 23.5 Å². The molecule has 1 aliphatic carbocycles. The molecule has 4 heteroatoms. The monoisotopic (exact) mass is 241 g/mol. The van der Waals surface area contributed by atoms with Crippen LogP contribution < -0.4 is 5.32 Å². The molecule has 1 aliphatic rings. The van der Waals surface area contributed by atoms with Gasteiger partial charge in [0.05, 0.1) is 5.92 Å². The number of carboxylic acids is 1. The number of amides is 1. The highest BCUT2D eigenvalue weighted by Crippen LogP contribution is 2.42. The van der Waals surface area contributed by atoms with E-state index in [0.29, 0.717) is 6.42 Å². The van der Waals surface area contributed by atoms with Gasteiger partial charge in [0.2, 0.25) is 5.91 Å². The van der Waals surface area contributed by atoms with Gasteiger partial charge in [0.15, 0.2) is 0 Å². The molecule has 17 heavy (non-hydrogen) atoms. The molecule has 1 amide bonds. The van der Waals surface area contributed by atoms with Crippen molar-refractivity contribution in [1.29, 1.82) is 0 Å². The third-order valence-electron chi connectivity index (χ3n) is 3.94. The fourth-order valence-corrected chi connectivity index (χ4v) is 2.57. The maximum Gasteiger partial charge on any atom is 0.308 e. The van der Waals surface area contributed by atoms with Crippen LogP contribution in [0.1, 0.15) is 46.5 Å². The van der Waals surface area contributed by atoms with E-state index in [2.05, 4.69) is 19.2 Å². The predicted octanol–water partition coefficient (Wildman–Crippen LogP) is 2.04. The van der Waals surface area contributed by atoms with Crippen LogP contribution in [0.3, 0.4) is 0 Å². The zero-order valence-electron chi connectivity index (χ0n) is 11.0. The average molecular weight is 241 g/mol. The van der Waals surface area contributed by atoms with Crippen molar-refractivity contribution in [1.82, 2.24) is 5.32 Å². The molecule has 0 aromatic carbocycles. The molecule has 0 heterocycles. The van der Waals surface area contributed by atoms with E-state index in [1.165, 1.54) is 0 Å². The summed E-state index contributed by atoms with van der Waals surface area (Å²) in [4.78, 5) is 22.8. The summed E-state index contributed by atoms with van der Waals surface area (Å²) in [5, 5.41) is 11.7. The highest BCUT2D eigenvalue weighted by molar-refractivity contribution is 5.80. The molecular weight excluding hydrogens is 218 g/mol. The Hall–Kier alpha value is -1.06. The van der Waals surface area contributed by atoms with Crippen molar-refractivity contribution in [2.45, 2.75) is 46.5 Å². The lowest BCUT2D eigenvalue weighted by Gasteiger charge is -2.26. The smallest absolute Gasteiger partial charge is 0.308 e. The minimum atomic E-state index is -0.835. The molecule has 2 N–H and O–H groups in total. The van der Waals surface area contributed by atoms with Gasteiger partial charge >= 0.3 is 5.97 Å². The Balaban J connectivity index is 2.47. The van der Waals surface area contributed by atoms with Gasteiger partial charge in [-0.2, -0.15) is 0 Å². The van der Waals surface area contributed by atoms with Gasteiger partial charge < -0.3 is 10.4 Å². The summed E-state index contributed by atoms with van der Waals surface area (Å²) in [7, 11) is 0. The lowest BCUT2D eigenvalue weighted by molar-refractivity contribution is -0.141. The normalized spacial score (nSPS) is 24.3. The maximum absolute atomic E-state index is 12.0. The Bertz CT molecular complexity index is 299. The molecule has 0 spiro atoms. The van der Waals surface area contributed by atoms with Gasteiger partial charge in [-0.05, 0) is 24.7 Å². The summed E-state index contributed by atoms with van der Waals surface area (Å²) in [6.07, 6.45) is 3.62. The lowest BCUT2D eigenvalue weighted by atomic mass is 9.81. The van der Waals surface area contributed by atoms with Crippen LogP contribution in [0.2, 0.25) is 0 Å². The zero-order chi connectivity index (χ0) is 13.1. The summed E-state index contributed by atoms with van der Waals surface area (Å²) >= 11 is 0. The van der Waals surface area contributed by atoms with Crippen LogP contribution in [0.5, 0.6) is 0 Å². The summed E-state index contributed by atoms with van der Waals surface area (Å²) in [5.41, 5.74) is 0.0506. The standard InChI is InChI=1S/C13H23NO3/c1-4-9(12(16)17)8-14-11(15)10-6-5-7-13(10,2)3/h9-10H,4-8H2,1-3H3,(H,14,15)(H,16,17). The largest absolute Gasteiger partial charge is 0.481 e. The molecule has 1 saturated carbocycles. The number of hydrogen-bond donors (Lipinski definition) is 2. The topological polar surface area (TPSA) is 66.4 Å². The molecule has 0 bridgehead atoms. The van der Waals surface area contributed by atoms with E-state index in [9.17, 15) is 9.59 Å². The molecular formula is C13H23NO3. The molecule has 0 aromatic heterocycles. The van der Waals surface area contributed by atoms with Crippen molar-refractivity contribution in [3.63, 3.8) is 0 Å². The van der Waals surface area contributed by atoms with E-state index in [1.807, 2.05) is 6.92 Å². The van der Waals surface area contributed by atoms with E-state index >= 15 is 0 Å². The second-order valence-electron chi connectivity index (χ2n) is 5.62. The predicted molar refractivity (Wildman–Crippen MR) is 65.5 cm³/mol. The lowest BCUT2D eigenvalue weighted by Crippen LogP contribution is -2.39. The van der Waals surface area contributed by atoms with Gasteiger partial charge in [-0.3, -0.25) is 9.59 Å². The van der Waals surface area contributed by atoms with Crippen molar-refractivity contribution in [2.75, 3.05) is 6.54 Å². The Kier molecular flexibility index (Phi) is 4.54. The number of nitrogens with one attached hydrogen (secondary N) is 1. The highest BCUT2D eigenvalue weighted by atomic mass is 16.4. The molecule has 0 radical (unpaired) electrons. The molecule has 1 rings (SSSR count). The summed E-state index contributed by atoms with van der Waals surface area (Å²) in [5.74, 6) is -1.25. The van der Waals surface area contributed by atoms with Crippen LogP contribution in [0, 0.1) is 17.3 Å². The molecule has 4 nitrogen and oxygen atoms in total. The zero-order valence-corrected chi connectivity index (χ0v) is 11.0. The second-order valence-corrected chi connectivity index (χ2v) is 5.62. The first-order valence-corrected chi connectivity index (χ1v) is 6.39. The average Bonchev–Trinajstić information content (AvgIpc) is 2.58. The first-order chi connectivity index (χ1) is 7.88. The Labute approximate surface area is 103 Å². The fourth-order valence-electron chi connectivity index (χ4n) is 2.57. The first kappa shape index (κ1) is 14.0. The van der Waals surface area contributed by atoms with Crippen LogP contribution in [-0.2, 0) is 9.59 Å². The van der Waals surface area contributed by atoms with Crippen molar-refractivity contribution in [3.8, 4) is 0 Å². The Morgan fingerprint density at radius 2 is 2.12 bits per heavy atom. The van der Waals surface area contributed by atoms with Crippen LogP contribution >= 0.6 is 0 Å². The minimum absolute atomic E-state index is 0.0206. The number of hydrogen-bond acceptors (Lipinski definition) is 2. The molecule has 1 fully saturated rings. The fraction of sp³-hybridized carbons (Fsp3) is 0.846. The van der Waals surface area contributed by atoms with E-state index in [0.717, 1.165) is 19.3 Å². The number of aliphatic carboxylic acids is 1. The molecule has 0 saturated heterocycles. The maximum atomic E-state index is 12.0. The number of carbonyl (C=O) groups excluding carboxylic acids is 1. The third-order valence-corrected chi connectivity index (χ3v) is 3.94. The number of carboxylic acid groups (broad SMARTS) is 1. The first-order valence-electron chi connectivity index (χ1n) is 6.39. The third kappa shape index (κ3) is 3.45. The summed E-state index contributed by atoms with van der Waals surface area (Å²) < 4.78 is 0. The van der Waals surface area contributed by atoms with Crippen molar-refractivity contribution in [2.24, 2.45) is 17.3 Å². The second kappa shape index (κ2) is 5.52. The minimum Gasteiger partial charge on any atom is -0.481 e. The van der Waals surface area contributed by atoms with Crippen molar-refractivity contribution >= 4 is 11.9 Å². The SMILES string of the molecule is CCC(CNC(=O)C1CCCC1(C)C)C(=O)O. The highest BCUT2D eigenvalue weighted by Gasteiger charge is 2.39. The van der Waals surface area contributed by atoms with Crippen LogP contribution in [0.4, 0.5) is 0 Å². The quantitative estimate of drug-likeness (QED) is 0.774. The van der Waals surface area contributed by atoms with Gasteiger partial charge in [0.1, 0.15) is 0 Å². The summed E-state index contributed by atoms with van der Waals surface area (Å²) in [6, 6.07) is 0. The van der Waals surface area contributed by atoms with E-state index in [1.54, 1.807) is 0 Å². The van der Waals surface area contributed by atoms with E-state index in [4.69, 9.17) is 5.11 Å². The Morgan fingerprint density at radius 3 is 2.53 bits per heavy atom. The molecule has 98 valence electrons. The Morgan fingerprint density at radius 1 is 1.47 bits per heavy atom. The molecule has 2 atom stereocenters. The van der Waals surface area contributed by atoms with Crippen LogP contribution in [0.25, 0.3) is 0 Å². The number of carbonyl (C=O) groups is 2.